The summed E-state index contributed by atoms with van der Waals surface area (Å²) in [7, 11) is -2.93. The second-order valence-electron chi connectivity index (χ2n) is 7.19. The first kappa shape index (κ1) is 24.9. The maximum atomic E-state index is 13.3. The van der Waals surface area contributed by atoms with Crippen molar-refractivity contribution in [3.05, 3.63) is 63.6 Å². The molecule has 8 nitrogen and oxygen atoms in total. The molecule has 2 amide bonds. The number of methoxy groups -OCH3 is 1. The van der Waals surface area contributed by atoms with Gasteiger partial charge in [0.1, 0.15) is 6.61 Å². The van der Waals surface area contributed by atoms with Gasteiger partial charge in [0.15, 0.2) is 5.78 Å². The number of nitrogens with one attached hydrogen (secondary N) is 1. The topological polar surface area (TPSA) is 110 Å². The van der Waals surface area contributed by atoms with E-state index in [-0.39, 0.29) is 29.9 Å². The van der Waals surface area contributed by atoms with E-state index in [1.165, 1.54) is 43.5 Å². The fraction of sp³-hybridized carbons (Fsp3) is 0.227. The molecule has 1 aliphatic heterocycles. The van der Waals surface area contributed by atoms with Crippen molar-refractivity contribution in [3.63, 3.8) is 0 Å². The lowest BCUT2D eigenvalue weighted by Gasteiger charge is -2.21. The third-order valence-corrected chi connectivity index (χ3v) is 7.02. The molecular weight excluding hydrogens is 491 g/mol. The quantitative estimate of drug-likeness (QED) is 0.595. The van der Waals surface area contributed by atoms with Gasteiger partial charge in [0.05, 0.1) is 11.4 Å². The van der Waals surface area contributed by atoms with Gasteiger partial charge in [-0.1, -0.05) is 23.2 Å². The zero-order valence-electron chi connectivity index (χ0n) is 17.5. The molecule has 2 aromatic rings. The smallest absolute Gasteiger partial charge is 0.267 e. The number of nitrogens with zero attached hydrogens (tertiary/aromatic N) is 1. The van der Waals surface area contributed by atoms with Crippen LogP contribution in [0.2, 0.25) is 10.0 Å². The SMILES string of the molecule is COCC(=O)Nc1ccc(Cl)cc1/C=C1\CCC(=O)CN(S(=O)(=O)c2ccc(Cl)cc2)C1=O. The molecule has 0 atom stereocenters. The number of amides is 2. The number of hydrogen-bond donors (Lipinski definition) is 1. The fourth-order valence-corrected chi connectivity index (χ4v) is 4.88. The first-order valence-electron chi connectivity index (χ1n) is 9.75. The normalized spacial score (nSPS) is 16.1. The highest BCUT2D eigenvalue weighted by Crippen LogP contribution is 2.28. The van der Waals surface area contributed by atoms with Crippen LogP contribution in [0, 0.1) is 0 Å². The minimum Gasteiger partial charge on any atom is -0.375 e. The van der Waals surface area contributed by atoms with Gasteiger partial charge in [-0.15, -0.1) is 0 Å². The Morgan fingerprint density at radius 2 is 1.76 bits per heavy atom. The van der Waals surface area contributed by atoms with E-state index in [1.54, 1.807) is 12.1 Å². The third kappa shape index (κ3) is 6.00. The van der Waals surface area contributed by atoms with Gasteiger partial charge in [0.2, 0.25) is 5.91 Å². The summed E-state index contributed by atoms with van der Waals surface area (Å²) < 4.78 is 31.6. The average Bonchev–Trinajstić information content (AvgIpc) is 2.90. The van der Waals surface area contributed by atoms with Crippen molar-refractivity contribution in [2.45, 2.75) is 17.7 Å². The average molecular weight is 511 g/mol. The number of hydrogen-bond acceptors (Lipinski definition) is 6. The van der Waals surface area contributed by atoms with Crippen molar-refractivity contribution in [2.75, 3.05) is 25.6 Å². The van der Waals surface area contributed by atoms with E-state index in [1.807, 2.05) is 0 Å². The van der Waals surface area contributed by atoms with E-state index in [4.69, 9.17) is 27.9 Å². The van der Waals surface area contributed by atoms with Gasteiger partial charge >= 0.3 is 0 Å². The molecule has 1 saturated heterocycles. The molecule has 0 saturated carbocycles. The van der Waals surface area contributed by atoms with E-state index >= 15 is 0 Å². The van der Waals surface area contributed by atoms with Crippen molar-refractivity contribution in [2.24, 2.45) is 0 Å². The molecule has 0 unspecified atom stereocenters. The number of sulfonamides is 1. The highest BCUT2D eigenvalue weighted by atomic mass is 35.5. The Balaban J connectivity index is 2.02. The lowest BCUT2D eigenvalue weighted by atomic mass is 10.0. The van der Waals surface area contributed by atoms with E-state index in [2.05, 4.69) is 5.32 Å². The highest BCUT2D eigenvalue weighted by molar-refractivity contribution is 7.89. The number of ketones is 1. The molecule has 174 valence electrons. The number of halogens is 2. The predicted octanol–water partition coefficient (Wildman–Crippen LogP) is 3.54. The molecule has 33 heavy (non-hydrogen) atoms. The van der Waals surface area contributed by atoms with Crippen molar-refractivity contribution in [1.29, 1.82) is 0 Å². The molecule has 0 bridgehead atoms. The summed E-state index contributed by atoms with van der Waals surface area (Å²) in [5.74, 6) is -1.65. The zero-order valence-corrected chi connectivity index (χ0v) is 19.8. The second-order valence-corrected chi connectivity index (χ2v) is 9.93. The highest BCUT2D eigenvalue weighted by Gasteiger charge is 2.35. The van der Waals surface area contributed by atoms with Gasteiger partial charge in [0.25, 0.3) is 15.9 Å². The molecule has 1 N–H and O–H groups in total. The Labute approximate surface area is 201 Å². The summed E-state index contributed by atoms with van der Waals surface area (Å²) in [6, 6.07) is 9.94. The number of benzene rings is 2. The van der Waals surface area contributed by atoms with Crippen LogP contribution in [0.4, 0.5) is 5.69 Å². The molecule has 1 heterocycles. The molecule has 0 spiro atoms. The van der Waals surface area contributed by atoms with Crippen molar-refractivity contribution in [3.8, 4) is 0 Å². The van der Waals surface area contributed by atoms with Gasteiger partial charge in [-0.2, -0.15) is 0 Å². The third-order valence-electron chi connectivity index (χ3n) is 4.79. The molecule has 0 aliphatic carbocycles. The van der Waals surface area contributed by atoms with Gasteiger partial charge in [0, 0.05) is 34.8 Å². The van der Waals surface area contributed by atoms with Crippen LogP contribution in [0.1, 0.15) is 18.4 Å². The van der Waals surface area contributed by atoms with Crippen LogP contribution >= 0.6 is 23.2 Å². The van der Waals surface area contributed by atoms with Crippen LogP contribution in [0.15, 0.2) is 52.9 Å². The number of carbonyl (C=O) groups is 3. The number of Topliss-reactive ketones (excluding diaryl/α,β-unsaturated/α-hetero) is 1. The molecular formula is C22H20Cl2N2O6S. The largest absolute Gasteiger partial charge is 0.375 e. The Morgan fingerprint density at radius 1 is 1.09 bits per heavy atom. The summed E-state index contributed by atoms with van der Waals surface area (Å²) in [4.78, 5) is 37.4. The molecule has 1 fully saturated rings. The van der Waals surface area contributed by atoms with Gasteiger partial charge in [-0.05, 0) is 60.5 Å². The lowest BCUT2D eigenvalue weighted by molar-refractivity contribution is -0.126. The molecule has 11 heteroatoms. The maximum absolute atomic E-state index is 13.3. The summed E-state index contributed by atoms with van der Waals surface area (Å²) in [5.41, 5.74) is 0.820. The Bertz CT molecular complexity index is 1230. The first-order chi connectivity index (χ1) is 15.6. The number of anilines is 1. The Kier molecular flexibility index (Phi) is 7.91. The number of ether oxygens (including phenoxy) is 1. The predicted molar refractivity (Wildman–Crippen MR) is 125 cm³/mol. The zero-order chi connectivity index (χ0) is 24.2. The minimum absolute atomic E-state index is 0.0177. The van der Waals surface area contributed by atoms with Crippen molar-refractivity contribution in [1.82, 2.24) is 4.31 Å². The van der Waals surface area contributed by atoms with E-state index in [0.717, 1.165) is 0 Å². The molecule has 0 aromatic heterocycles. The molecule has 2 aromatic carbocycles. The Hall–Kier alpha value is -2.72. The van der Waals surface area contributed by atoms with Gasteiger partial charge in [-0.25, -0.2) is 12.7 Å². The molecule has 1 aliphatic rings. The van der Waals surface area contributed by atoms with E-state index in [0.29, 0.717) is 25.6 Å². The van der Waals surface area contributed by atoms with Gasteiger partial charge < -0.3 is 10.1 Å². The summed E-state index contributed by atoms with van der Waals surface area (Å²) in [5, 5.41) is 3.32. The number of rotatable bonds is 6. The Morgan fingerprint density at radius 3 is 2.42 bits per heavy atom. The number of carbonyl (C=O) groups excluding carboxylic acids is 3. The van der Waals surface area contributed by atoms with Crippen LogP contribution in [0.25, 0.3) is 6.08 Å². The van der Waals surface area contributed by atoms with Crippen molar-refractivity contribution >= 4 is 62.6 Å². The molecule has 0 radical (unpaired) electrons. The van der Waals surface area contributed by atoms with Crippen LogP contribution in [0.3, 0.4) is 0 Å². The maximum Gasteiger partial charge on any atom is 0.267 e. The van der Waals surface area contributed by atoms with Gasteiger partial charge in [-0.3, -0.25) is 14.4 Å². The van der Waals surface area contributed by atoms with E-state index in [9.17, 15) is 22.8 Å². The summed E-state index contributed by atoms with van der Waals surface area (Å²) >= 11 is 11.9. The van der Waals surface area contributed by atoms with Crippen LogP contribution in [0.5, 0.6) is 0 Å². The fourth-order valence-electron chi connectivity index (χ4n) is 3.19. The molecule has 3 rings (SSSR count). The van der Waals surface area contributed by atoms with Crippen LogP contribution < -0.4 is 5.32 Å². The van der Waals surface area contributed by atoms with Crippen LogP contribution in [-0.4, -0.2) is 50.6 Å². The summed E-state index contributed by atoms with van der Waals surface area (Å²) in [6.07, 6.45) is 1.44. The minimum atomic E-state index is -4.30. The first-order valence-corrected chi connectivity index (χ1v) is 11.9. The van der Waals surface area contributed by atoms with Crippen molar-refractivity contribution < 1.29 is 27.5 Å². The summed E-state index contributed by atoms with van der Waals surface area (Å²) in [6.45, 7) is -0.757. The van der Waals surface area contributed by atoms with Crippen LogP contribution in [-0.2, 0) is 29.1 Å². The second kappa shape index (κ2) is 10.5. The lowest BCUT2D eigenvalue weighted by Crippen LogP contribution is -2.39. The van der Waals surface area contributed by atoms with E-state index < -0.39 is 34.2 Å². The standard InChI is InChI=1S/C22H20Cl2N2O6S/c1-32-13-21(28)25-20-9-5-17(24)11-15(20)10-14-2-6-18(27)12-26(22(14)29)33(30,31)19-7-3-16(23)4-8-19/h3-5,7-11H,2,6,12-13H2,1H3,(H,25,28)/b14-10+. The monoisotopic (exact) mass is 510 g/mol.